The summed E-state index contributed by atoms with van der Waals surface area (Å²) in [5.74, 6) is 5.00. The summed E-state index contributed by atoms with van der Waals surface area (Å²) in [6.07, 6.45) is 2.86. The van der Waals surface area contributed by atoms with Gasteiger partial charge in [-0.2, -0.15) is 0 Å². The number of rotatable bonds is 17. The van der Waals surface area contributed by atoms with E-state index < -0.39 is 16.8 Å². The van der Waals surface area contributed by atoms with Crippen LogP contribution in [0.3, 0.4) is 0 Å². The lowest BCUT2D eigenvalue weighted by atomic mass is 9.80. The van der Waals surface area contributed by atoms with Gasteiger partial charge in [0.25, 0.3) is 0 Å². The van der Waals surface area contributed by atoms with E-state index in [1.807, 2.05) is 0 Å². The third-order valence-corrected chi connectivity index (χ3v) is 15.7. The smallest absolute Gasteiger partial charge is 0.326 e. The number of hydrogen-bond acceptors (Lipinski definition) is 4. The van der Waals surface area contributed by atoms with E-state index >= 15 is 0 Å². The molecule has 0 N–H and O–H groups in total. The molecule has 0 bridgehead atoms. The summed E-state index contributed by atoms with van der Waals surface area (Å²) in [7, 11) is -3.15. The van der Waals surface area contributed by atoms with Crippen LogP contribution in [-0.2, 0) is 40.9 Å². The Hall–Kier alpha value is -4.62. The zero-order valence-electron chi connectivity index (χ0n) is 46.9. The fourth-order valence-corrected chi connectivity index (χ4v) is 11.5. The first-order valence-corrected chi connectivity index (χ1v) is 28.4. The van der Waals surface area contributed by atoms with Gasteiger partial charge in [0.15, 0.2) is 0 Å². The van der Waals surface area contributed by atoms with E-state index in [1.54, 1.807) is 0 Å². The summed E-state index contributed by atoms with van der Waals surface area (Å²) in [5, 5.41) is 2.01. The molecule has 2 atom stereocenters. The third kappa shape index (κ3) is 15.2. The van der Waals surface area contributed by atoms with Crippen LogP contribution in [0.1, 0.15) is 169 Å². The Balaban J connectivity index is 1.39. The lowest BCUT2D eigenvalue weighted by Gasteiger charge is -2.30. The van der Waals surface area contributed by atoms with Crippen molar-refractivity contribution in [2.24, 2.45) is 17.8 Å². The summed E-state index contributed by atoms with van der Waals surface area (Å²) >= 11 is 0. The van der Waals surface area contributed by atoms with Crippen molar-refractivity contribution in [3.63, 3.8) is 0 Å². The molecule has 6 heteroatoms. The SMILES string of the molecule is Cc1ccc(OP(Oc2ccc(C(C)(C)C)cc2CC(C)C)c2ccc(-c3ccc(P(Oc4ccc(CC(C)C)cc4C(C)(C)C)Oc4ccc(C(C)(C)C)cc4C(C)(C)C)cc3)cc2)c(CC(C)C)c1. The normalized spacial score (nSPS) is 13.4. The molecule has 4 nitrogen and oxygen atoms in total. The van der Waals surface area contributed by atoms with Crippen molar-refractivity contribution in [1.29, 1.82) is 0 Å². The van der Waals surface area contributed by atoms with E-state index in [0.717, 1.165) is 64.0 Å². The Bertz CT molecular complexity index is 2700. The molecule has 0 fully saturated rings. The maximum Gasteiger partial charge on any atom is 0.326 e. The van der Waals surface area contributed by atoms with Crippen LogP contribution < -0.4 is 28.7 Å². The quantitative estimate of drug-likeness (QED) is 0.0854. The molecule has 0 saturated carbocycles. The van der Waals surface area contributed by atoms with E-state index in [9.17, 15) is 0 Å². The monoisotopic (exact) mass is 993 g/mol. The molecule has 0 aliphatic rings. The highest BCUT2D eigenvalue weighted by Crippen LogP contribution is 2.48. The lowest BCUT2D eigenvalue weighted by Crippen LogP contribution is -2.19. The molecule has 0 amide bonds. The molecule has 71 heavy (non-hydrogen) atoms. The van der Waals surface area contributed by atoms with Gasteiger partial charge in [0.05, 0.1) is 10.6 Å². The molecule has 0 radical (unpaired) electrons. The second-order valence-electron chi connectivity index (χ2n) is 25.2. The van der Waals surface area contributed by atoms with E-state index in [4.69, 9.17) is 18.1 Å². The second kappa shape index (κ2) is 22.7. The van der Waals surface area contributed by atoms with E-state index in [-0.39, 0.29) is 21.7 Å². The van der Waals surface area contributed by atoms with Crippen molar-refractivity contribution in [3.05, 3.63) is 166 Å². The van der Waals surface area contributed by atoms with E-state index in [1.165, 1.54) is 44.5 Å². The maximum atomic E-state index is 7.18. The molecule has 6 rings (SSSR count). The third-order valence-electron chi connectivity index (χ3n) is 12.8. The topological polar surface area (TPSA) is 36.9 Å². The molecule has 6 aromatic rings. The molecule has 380 valence electrons. The Labute approximate surface area is 433 Å². The van der Waals surface area contributed by atoms with Crippen LogP contribution in [0.2, 0.25) is 0 Å². The first kappa shape index (κ1) is 55.7. The predicted octanol–water partition coefficient (Wildman–Crippen LogP) is 18.6. The molecule has 0 aliphatic heterocycles. The number of benzene rings is 6. The van der Waals surface area contributed by atoms with Gasteiger partial charge in [-0.05, 0) is 153 Å². The van der Waals surface area contributed by atoms with Crippen LogP contribution in [0.15, 0.2) is 121 Å². The van der Waals surface area contributed by atoms with Crippen molar-refractivity contribution in [3.8, 4) is 34.1 Å². The molecular formula is C65H86O4P2. The average molecular weight is 993 g/mol. The first-order chi connectivity index (χ1) is 33.0. The van der Waals surface area contributed by atoms with Crippen LogP contribution in [-0.4, -0.2) is 0 Å². The van der Waals surface area contributed by atoms with Gasteiger partial charge < -0.3 is 18.1 Å². The summed E-state index contributed by atoms with van der Waals surface area (Å²) in [5.41, 5.74) is 11.9. The minimum atomic E-state index is -1.60. The van der Waals surface area contributed by atoms with Crippen LogP contribution in [0.25, 0.3) is 11.1 Å². The fourth-order valence-electron chi connectivity index (χ4n) is 8.79. The molecule has 0 heterocycles. The highest BCUT2D eigenvalue weighted by Gasteiger charge is 2.30. The van der Waals surface area contributed by atoms with E-state index in [0.29, 0.717) is 17.8 Å². The van der Waals surface area contributed by atoms with Crippen LogP contribution >= 0.6 is 16.8 Å². The van der Waals surface area contributed by atoms with Gasteiger partial charge in [-0.25, -0.2) is 0 Å². The van der Waals surface area contributed by atoms with Crippen molar-refractivity contribution < 1.29 is 18.1 Å². The minimum absolute atomic E-state index is 0.00254. The van der Waals surface area contributed by atoms with Gasteiger partial charge in [-0.15, -0.1) is 0 Å². The molecule has 0 spiro atoms. The van der Waals surface area contributed by atoms with Crippen molar-refractivity contribution in [2.45, 2.75) is 172 Å². The molecular weight excluding hydrogens is 907 g/mol. The largest absolute Gasteiger partial charge is 0.435 e. The van der Waals surface area contributed by atoms with Crippen LogP contribution in [0, 0.1) is 24.7 Å². The standard InChI is InChI=1S/C65H86O4P2/c1-43(2)36-47-21-33-60(56(40-47)64(14,15)16)68-71(69-61-35-27-53(63(11,12)13)42-57(61)65(17,18)19)55-30-24-49(25-31-55)48-22-28-54(29-23-48)70(66-58-32-20-46(7)39-50(58)37-44(3)4)67-59-34-26-52(62(8,9)10)41-51(59)38-45(5)6/h20-35,39-45H,36-38H2,1-19H3. The highest BCUT2D eigenvalue weighted by molar-refractivity contribution is 7.57. The average Bonchev–Trinajstić information content (AvgIpc) is 3.26. The summed E-state index contributed by atoms with van der Waals surface area (Å²) < 4.78 is 28.5. The van der Waals surface area contributed by atoms with Gasteiger partial charge in [0, 0.05) is 11.1 Å². The Morgan fingerprint density at radius 3 is 1.15 bits per heavy atom. The Morgan fingerprint density at radius 1 is 0.366 bits per heavy atom. The van der Waals surface area contributed by atoms with Gasteiger partial charge in [-0.3, -0.25) is 0 Å². The Morgan fingerprint density at radius 2 is 0.732 bits per heavy atom. The Kier molecular flexibility index (Phi) is 17.8. The summed E-state index contributed by atoms with van der Waals surface area (Å²) in [4.78, 5) is 0. The summed E-state index contributed by atoms with van der Waals surface area (Å²) in [6, 6.07) is 44.2. The van der Waals surface area contributed by atoms with Gasteiger partial charge in [0.2, 0.25) is 0 Å². The summed E-state index contributed by atoms with van der Waals surface area (Å²) in [6.45, 7) is 43.0. The van der Waals surface area contributed by atoms with Crippen LogP contribution in [0.4, 0.5) is 0 Å². The minimum Gasteiger partial charge on any atom is -0.435 e. The highest BCUT2D eigenvalue weighted by atomic mass is 31.2. The number of hydrogen-bond donors (Lipinski definition) is 0. The van der Waals surface area contributed by atoms with Crippen molar-refractivity contribution >= 4 is 27.4 Å². The zero-order valence-corrected chi connectivity index (χ0v) is 48.7. The maximum absolute atomic E-state index is 7.18. The lowest BCUT2D eigenvalue weighted by molar-refractivity contribution is 0.467. The first-order valence-electron chi connectivity index (χ1n) is 26.1. The molecule has 0 aromatic heterocycles. The molecule has 2 unspecified atom stereocenters. The van der Waals surface area contributed by atoms with Crippen molar-refractivity contribution in [1.82, 2.24) is 0 Å². The van der Waals surface area contributed by atoms with E-state index in [2.05, 4.69) is 253 Å². The predicted molar refractivity (Wildman–Crippen MR) is 308 cm³/mol. The molecule has 0 saturated heterocycles. The number of aryl methyl sites for hydroxylation is 1. The zero-order chi connectivity index (χ0) is 52.2. The fraction of sp³-hybridized carbons (Fsp3) is 0.446. The van der Waals surface area contributed by atoms with Gasteiger partial charge in [0.1, 0.15) is 23.0 Å². The van der Waals surface area contributed by atoms with Crippen molar-refractivity contribution in [2.75, 3.05) is 0 Å². The molecule has 6 aromatic carbocycles. The van der Waals surface area contributed by atoms with Gasteiger partial charge in [-0.1, -0.05) is 203 Å². The van der Waals surface area contributed by atoms with Gasteiger partial charge >= 0.3 is 16.8 Å². The van der Waals surface area contributed by atoms with Crippen LogP contribution in [0.5, 0.6) is 23.0 Å². The molecule has 0 aliphatic carbocycles. The second-order valence-corrected chi connectivity index (χ2v) is 28.0.